The smallest absolute Gasteiger partial charge is 0.257 e. The van der Waals surface area contributed by atoms with Crippen molar-refractivity contribution in [2.45, 2.75) is 6.42 Å². The van der Waals surface area contributed by atoms with Gasteiger partial charge in [0, 0.05) is 30.9 Å². The molecule has 0 fully saturated rings. The number of methoxy groups -OCH3 is 1. The Balaban J connectivity index is 2.91. The van der Waals surface area contributed by atoms with Gasteiger partial charge in [0.15, 0.2) is 0 Å². The van der Waals surface area contributed by atoms with Gasteiger partial charge in [-0.2, -0.15) is 5.26 Å². The number of halogens is 1. The van der Waals surface area contributed by atoms with Crippen LogP contribution in [-0.4, -0.2) is 42.6 Å². The third-order valence-electron chi connectivity index (χ3n) is 2.46. The van der Waals surface area contributed by atoms with Gasteiger partial charge >= 0.3 is 0 Å². The van der Waals surface area contributed by atoms with Gasteiger partial charge in [-0.05, 0) is 22.0 Å². The number of nitrogens with zero attached hydrogens (tertiary/aromatic N) is 3. The van der Waals surface area contributed by atoms with Crippen molar-refractivity contribution in [2.75, 3.05) is 32.5 Å². The van der Waals surface area contributed by atoms with Gasteiger partial charge < -0.3 is 15.4 Å². The zero-order valence-corrected chi connectivity index (χ0v) is 12.2. The van der Waals surface area contributed by atoms with Crippen molar-refractivity contribution < 1.29 is 9.53 Å². The minimum absolute atomic E-state index is 0.174. The number of amides is 1. The summed E-state index contributed by atoms with van der Waals surface area (Å²) in [5.74, 6) is -0.0776. The van der Waals surface area contributed by atoms with E-state index in [1.807, 2.05) is 6.07 Å². The molecule has 102 valence electrons. The third kappa shape index (κ3) is 4.50. The summed E-state index contributed by atoms with van der Waals surface area (Å²) >= 11 is 3.25. The lowest BCUT2D eigenvalue weighted by Crippen LogP contribution is -2.35. The summed E-state index contributed by atoms with van der Waals surface area (Å²) in [6.07, 6.45) is 1.79. The number of hydrogen-bond acceptors (Lipinski definition) is 5. The van der Waals surface area contributed by atoms with E-state index in [2.05, 4.69) is 20.9 Å². The Labute approximate surface area is 120 Å². The van der Waals surface area contributed by atoms with Crippen molar-refractivity contribution in [3.63, 3.8) is 0 Å². The highest BCUT2D eigenvalue weighted by Crippen LogP contribution is 2.17. The van der Waals surface area contributed by atoms with E-state index in [1.165, 1.54) is 11.1 Å². The maximum Gasteiger partial charge on any atom is 0.257 e. The Hall–Kier alpha value is -1.65. The predicted molar refractivity (Wildman–Crippen MR) is 74.4 cm³/mol. The first-order valence-corrected chi connectivity index (χ1v) is 6.45. The first-order chi connectivity index (χ1) is 9.10. The zero-order chi connectivity index (χ0) is 14.3. The number of rotatable bonds is 6. The number of nitrogens with two attached hydrogens (primary N) is 1. The van der Waals surface area contributed by atoms with E-state index >= 15 is 0 Å². The molecule has 1 rings (SSSR count). The number of carbonyl (C=O) groups is 1. The largest absolute Gasteiger partial charge is 0.383 e. The molecule has 0 aliphatic rings. The molecule has 0 saturated heterocycles. The van der Waals surface area contributed by atoms with E-state index in [0.717, 1.165) is 0 Å². The minimum Gasteiger partial charge on any atom is -0.383 e. The van der Waals surface area contributed by atoms with Crippen LogP contribution in [0.15, 0.2) is 16.7 Å². The number of aromatic nitrogens is 1. The number of anilines is 1. The third-order valence-corrected chi connectivity index (χ3v) is 2.90. The standard InChI is InChI=1S/C12H15BrN4O2/c1-19-6-5-17(4-2-3-14)12(18)10-7-9(13)8-16-11(10)15/h7-8H,2,4-6H2,1H3,(H2,15,16). The molecule has 1 amide bonds. The zero-order valence-electron chi connectivity index (χ0n) is 10.6. The summed E-state index contributed by atoms with van der Waals surface area (Å²) in [6, 6.07) is 3.64. The summed E-state index contributed by atoms with van der Waals surface area (Å²) in [4.78, 5) is 17.8. The molecule has 0 bridgehead atoms. The van der Waals surface area contributed by atoms with Crippen molar-refractivity contribution in [1.29, 1.82) is 5.26 Å². The summed E-state index contributed by atoms with van der Waals surface area (Å²) in [5, 5.41) is 8.63. The van der Waals surface area contributed by atoms with Gasteiger partial charge in [0.05, 0.1) is 24.7 Å². The van der Waals surface area contributed by atoms with Crippen molar-refractivity contribution >= 4 is 27.7 Å². The predicted octanol–water partition coefficient (Wildman–Crippen LogP) is 1.43. The first-order valence-electron chi connectivity index (χ1n) is 5.66. The molecule has 6 nitrogen and oxygen atoms in total. The van der Waals surface area contributed by atoms with Crippen LogP contribution in [0.3, 0.4) is 0 Å². The van der Waals surface area contributed by atoms with Crippen LogP contribution < -0.4 is 5.73 Å². The van der Waals surface area contributed by atoms with E-state index in [1.54, 1.807) is 13.2 Å². The van der Waals surface area contributed by atoms with Crippen LogP contribution in [0.4, 0.5) is 5.82 Å². The summed E-state index contributed by atoms with van der Waals surface area (Å²) < 4.78 is 5.64. The Morgan fingerprint density at radius 1 is 1.63 bits per heavy atom. The highest BCUT2D eigenvalue weighted by Gasteiger charge is 2.18. The van der Waals surface area contributed by atoms with Gasteiger partial charge in [-0.1, -0.05) is 0 Å². The molecule has 0 radical (unpaired) electrons. The highest BCUT2D eigenvalue weighted by atomic mass is 79.9. The van der Waals surface area contributed by atoms with Gasteiger partial charge in [0.25, 0.3) is 5.91 Å². The molecule has 0 spiro atoms. The molecule has 0 saturated carbocycles. The SMILES string of the molecule is COCCN(CCC#N)C(=O)c1cc(Br)cnc1N. The van der Waals surface area contributed by atoms with Gasteiger partial charge in [0.1, 0.15) is 5.82 Å². The van der Waals surface area contributed by atoms with Gasteiger partial charge in [-0.15, -0.1) is 0 Å². The second-order valence-electron chi connectivity index (χ2n) is 3.78. The number of ether oxygens (including phenoxy) is 1. The van der Waals surface area contributed by atoms with Crippen LogP contribution in [0, 0.1) is 11.3 Å². The van der Waals surface area contributed by atoms with Crippen LogP contribution in [0.5, 0.6) is 0 Å². The molecule has 19 heavy (non-hydrogen) atoms. The van der Waals surface area contributed by atoms with Crippen molar-refractivity contribution in [3.05, 3.63) is 22.3 Å². The quantitative estimate of drug-likeness (QED) is 0.853. The molecular formula is C12H15BrN4O2. The lowest BCUT2D eigenvalue weighted by molar-refractivity contribution is 0.0700. The molecule has 0 aromatic carbocycles. The van der Waals surface area contributed by atoms with E-state index in [4.69, 9.17) is 15.7 Å². The van der Waals surface area contributed by atoms with Crippen LogP contribution in [0.25, 0.3) is 0 Å². The topological polar surface area (TPSA) is 92.2 Å². The maximum absolute atomic E-state index is 12.3. The summed E-state index contributed by atoms with van der Waals surface area (Å²) in [7, 11) is 1.56. The number of hydrogen-bond donors (Lipinski definition) is 1. The monoisotopic (exact) mass is 326 g/mol. The molecular weight excluding hydrogens is 312 g/mol. The molecule has 1 aromatic heterocycles. The summed E-state index contributed by atoms with van der Waals surface area (Å²) in [6.45, 7) is 1.14. The van der Waals surface area contributed by atoms with Gasteiger partial charge in [0.2, 0.25) is 0 Å². The molecule has 0 aliphatic heterocycles. The lowest BCUT2D eigenvalue weighted by Gasteiger charge is -2.21. The maximum atomic E-state index is 12.3. The second kappa shape index (κ2) is 7.71. The van der Waals surface area contributed by atoms with Crippen molar-refractivity contribution in [2.24, 2.45) is 0 Å². The van der Waals surface area contributed by atoms with E-state index in [0.29, 0.717) is 29.7 Å². The molecule has 0 unspecified atom stereocenters. The molecule has 0 aliphatic carbocycles. The Morgan fingerprint density at radius 2 is 2.37 bits per heavy atom. The fourth-order valence-corrected chi connectivity index (χ4v) is 1.82. The first kappa shape index (κ1) is 15.4. The summed E-state index contributed by atoms with van der Waals surface area (Å²) in [5.41, 5.74) is 6.03. The lowest BCUT2D eigenvalue weighted by atomic mass is 10.2. The number of carbonyl (C=O) groups excluding carboxylic acids is 1. The van der Waals surface area contributed by atoms with Crippen molar-refractivity contribution in [1.82, 2.24) is 9.88 Å². The minimum atomic E-state index is -0.251. The fraction of sp³-hybridized carbons (Fsp3) is 0.417. The Bertz CT molecular complexity index is 487. The second-order valence-corrected chi connectivity index (χ2v) is 4.70. The number of nitrogen functional groups attached to an aromatic ring is 1. The van der Waals surface area contributed by atoms with Crippen LogP contribution in [0.2, 0.25) is 0 Å². The molecule has 7 heteroatoms. The van der Waals surface area contributed by atoms with E-state index < -0.39 is 0 Å². The van der Waals surface area contributed by atoms with Crippen molar-refractivity contribution in [3.8, 4) is 6.07 Å². The van der Waals surface area contributed by atoms with Gasteiger partial charge in [-0.3, -0.25) is 4.79 Å². The molecule has 2 N–H and O–H groups in total. The van der Waals surface area contributed by atoms with Crippen LogP contribution in [-0.2, 0) is 4.74 Å². The molecule has 0 atom stereocenters. The average molecular weight is 327 g/mol. The normalized spacial score (nSPS) is 9.95. The fourth-order valence-electron chi connectivity index (χ4n) is 1.49. The Kier molecular flexibility index (Phi) is 6.25. The van der Waals surface area contributed by atoms with Crippen LogP contribution >= 0.6 is 15.9 Å². The average Bonchev–Trinajstić information content (AvgIpc) is 2.41. The van der Waals surface area contributed by atoms with Gasteiger partial charge in [-0.25, -0.2) is 4.98 Å². The number of nitriles is 1. The molecule has 1 heterocycles. The highest BCUT2D eigenvalue weighted by molar-refractivity contribution is 9.10. The van der Waals surface area contributed by atoms with E-state index in [-0.39, 0.29) is 18.1 Å². The Morgan fingerprint density at radius 3 is 3.00 bits per heavy atom. The number of pyridine rings is 1. The van der Waals surface area contributed by atoms with Crippen LogP contribution in [0.1, 0.15) is 16.8 Å². The molecule has 1 aromatic rings. The van der Waals surface area contributed by atoms with E-state index in [9.17, 15) is 4.79 Å².